The number of aryl methyl sites for hydroxylation is 1. The Morgan fingerprint density at radius 2 is 2.04 bits per heavy atom. The molecule has 2 aromatic rings. The van der Waals surface area contributed by atoms with Gasteiger partial charge in [0.2, 0.25) is 0 Å². The van der Waals surface area contributed by atoms with Gasteiger partial charge in [0.15, 0.2) is 5.11 Å². The minimum Gasteiger partial charge on any atom is -0.487 e. The first-order chi connectivity index (χ1) is 12.8. The highest BCUT2D eigenvalue weighted by atomic mass is 32.1. The first kappa shape index (κ1) is 19.2. The summed E-state index contributed by atoms with van der Waals surface area (Å²) in [5.74, 6) is 0.507. The number of esters is 1. The first-order valence-electron chi connectivity index (χ1n) is 8.83. The van der Waals surface area contributed by atoms with Crippen molar-refractivity contribution in [3.8, 4) is 5.75 Å². The Morgan fingerprint density at radius 1 is 1.26 bits per heavy atom. The van der Waals surface area contributed by atoms with Crippen LogP contribution in [0.2, 0.25) is 0 Å². The molecule has 142 valence electrons. The molecule has 1 atom stereocenters. The van der Waals surface area contributed by atoms with E-state index in [9.17, 15) is 4.79 Å². The molecule has 1 heterocycles. The Kier molecular flexibility index (Phi) is 5.37. The summed E-state index contributed by atoms with van der Waals surface area (Å²) in [5, 5.41) is 7.03. The fourth-order valence-electron chi connectivity index (χ4n) is 3.25. The van der Waals surface area contributed by atoms with Crippen molar-refractivity contribution in [1.82, 2.24) is 5.32 Å². The minimum atomic E-state index is -0.381. The van der Waals surface area contributed by atoms with Crippen LogP contribution in [0.3, 0.4) is 0 Å². The molecule has 1 aliphatic rings. The van der Waals surface area contributed by atoms with Gasteiger partial charge in [-0.2, -0.15) is 0 Å². The smallest absolute Gasteiger partial charge is 0.337 e. The summed E-state index contributed by atoms with van der Waals surface area (Å²) in [5.41, 5.74) is 3.15. The lowest BCUT2D eigenvalue weighted by molar-refractivity contribution is 0.0600. The molecular formula is C21H24N2O3S. The van der Waals surface area contributed by atoms with Crippen molar-refractivity contribution in [3.63, 3.8) is 0 Å². The van der Waals surface area contributed by atoms with Gasteiger partial charge in [0.25, 0.3) is 0 Å². The molecule has 0 spiro atoms. The summed E-state index contributed by atoms with van der Waals surface area (Å²) in [4.78, 5) is 11.7. The zero-order chi connectivity index (χ0) is 19.6. The van der Waals surface area contributed by atoms with E-state index in [0.29, 0.717) is 10.7 Å². The van der Waals surface area contributed by atoms with Crippen molar-refractivity contribution in [2.24, 2.45) is 0 Å². The highest BCUT2D eigenvalue weighted by Gasteiger charge is 2.34. The maximum Gasteiger partial charge on any atom is 0.337 e. The van der Waals surface area contributed by atoms with E-state index in [2.05, 4.69) is 42.7 Å². The third-order valence-corrected chi connectivity index (χ3v) is 4.69. The van der Waals surface area contributed by atoms with Crippen LogP contribution in [0.25, 0.3) is 0 Å². The van der Waals surface area contributed by atoms with Crippen molar-refractivity contribution < 1.29 is 14.3 Å². The van der Waals surface area contributed by atoms with Crippen molar-refractivity contribution in [3.05, 3.63) is 59.2 Å². The van der Waals surface area contributed by atoms with E-state index in [1.807, 2.05) is 13.0 Å². The summed E-state index contributed by atoms with van der Waals surface area (Å²) in [6.45, 7) is 6.20. The van der Waals surface area contributed by atoms with Crippen molar-refractivity contribution >= 4 is 29.0 Å². The molecule has 0 unspecified atom stereocenters. The number of carbonyl (C=O) groups excluding carboxylic acids is 1. The molecule has 2 N–H and O–H groups in total. The van der Waals surface area contributed by atoms with Gasteiger partial charge >= 0.3 is 5.97 Å². The number of rotatable bonds is 3. The molecule has 3 rings (SSSR count). The van der Waals surface area contributed by atoms with Gasteiger partial charge in [0.05, 0.1) is 18.7 Å². The highest BCUT2D eigenvalue weighted by molar-refractivity contribution is 7.80. The fourth-order valence-corrected chi connectivity index (χ4v) is 3.51. The van der Waals surface area contributed by atoms with Gasteiger partial charge in [-0.25, -0.2) is 4.79 Å². The van der Waals surface area contributed by atoms with Gasteiger partial charge in [-0.15, -0.1) is 0 Å². The van der Waals surface area contributed by atoms with Crippen LogP contribution in [0.1, 0.15) is 47.8 Å². The van der Waals surface area contributed by atoms with E-state index in [4.69, 9.17) is 21.7 Å². The number of anilines is 1. The van der Waals surface area contributed by atoms with E-state index in [1.165, 1.54) is 7.11 Å². The molecule has 5 nitrogen and oxygen atoms in total. The molecule has 1 aliphatic heterocycles. The maximum absolute atomic E-state index is 11.7. The Balaban J connectivity index is 1.75. The number of thiocarbonyl (C=S) groups is 1. The van der Waals surface area contributed by atoms with Crippen molar-refractivity contribution in [2.45, 2.75) is 38.8 Å². The number of hydrogen-bond acceptors (Lipinski definition) is 4. The number of hydrogen-bond donors (Lipinski definition) is 2. The Hall–Kier alpha value is -2.60. The molecular weight excluding hydrogens is 360 g/mol. The second kappa shape index (κ2) is 7.56. The highest BCUT2D eigenvalue weighted by Crippen LogP contribution is 2.39. The number of ether oxygens (including phenoxy) is 2. The standard InChI is InChI=1S/C21H24N2O3S/c1-13-8-9-16-17(12-21(2,3)26-18(16)10-13)23-20(27)22-15-7-5-6-14(11-15)19(24)25-4/h5-11,17H,12H2,1-4H3,(H2,22,23,27)/t17-/m0/s1. The molecule has 0 bridgehead atoms. The number of benzene rings is 2. The van der Waals surface area contributed by atoms with E-state index in [0.717, 1.165) is 29.0 Å². The van der Waals surface area contributed by atoms with Crippen LogP contribution in [0.5, 0.6) is 5.75 Å². The van der Waals surface area contributed by atoms with Crippen LogP contribution in [-0.2, 0) is 4.74 Å². The minimum absolute atomic E-state index is 0.0353. The molecule has 2 aromatic carbocycles. The first-order valence-corrected chi connectivity index (χ1v) is 9.24. The molecule has 0 amide bonds. The normalized spacial score (nSPS) is 17.3. The van der Waals surface area contributed by atoms with Gasteiger partial charge in [-0.05, 0) is 62.8 Å². The monoisotopic (exact) mass is 384 g/mol. The maximum atomic E-state index is 11.7. The zero-order valence-corrected chi connectivity index (χ0v) is 16.8. The third-order valence-electron chi connectivity index (χ3n) is 4.47. The van der Waals surface area contributed by atoms with E-state index in [-0.39, 0.29) is 17.6 Å². The number of methoxy groups -OCH3 is 1. The zero-order valence-electron chi connectivity index (χ0n) is 16.0. The van der Waals surface area contributed by atoms with Gasteiger partial charge in [-0.3, -0.25) is 0 Å². The fraction of sp³-hybridized carbons (Fsp3) is 0.333. The second-order valence-corrected chi connectivity index (χ2v) is 7.74. The summed E-state index contributed by atoms with van der Waals surface area (Å²) in [6, 6.07) is 13.3. The molecule has 0 radical (unpaired) electrons. The van der Waals surface area contributed by atoms with Crippen LogP contribution in [0.4, 0.5) is 5.69 Å². The average molecular weight is 385 g/mol. The topological polar surface area (TPSA) is 59.6 Å². The molecule has 6 heteroatoms. The second-order valence-electron chi connectivity index (χ2n) is 7.33. The lowest BCUT2D eigenvalue weighted by Gasteiger charge is -2.38. The van der Waals surface area contributed by atoms with Crippen LogP contribution < -0.4 is 15.4 Å². The van der Waals surface area contributed by atoms with E-state index < -0.39 is 0 Å². The van der Waals surface area contributed by atoms with Crippen LogP contribution in [0.15, 0.2) is 42.5 Å². The quantitative estimate of drug-likeness (QED) is 0.605. The van der Waals surface area contributed by atoms with Crippen LogP contribution in [0, 0.1) is 6.92 Å². The molecule has 0 saturated heterocycles. The van der Waals surface area contributed by atoms with Crippen LogP contribution >= 0.6 is 12.2 Å². The number of nitrogens with one attached hydrogen (secondary N) is 2. The summed E-state index contributed by atoms with van der Waals surface area (Å²) in [6.07, 6.45) is 0.785. The number of carbonyl (C=O) groups is 1. The molecule has 0 aromatic heterocycles. The summed E-state index contributed by atoms with van der Waals surface area (Å²) >= 11 is 5.50. The SMILES string of the molecule is COC(=O)c1cccc(NC(=S)N[C@H]2CC(C)(C)Oc3cc(C)ccc32)c1. The van der Waals surface area contributed by atoms with Crippen molar-refractivity contribution in [2.75, 3.05) is 12.4 Å². The van der Waals surface area contributed by atoms with Gasteiger partial charge in [-0.1, -0.05) is 18.2 Å². The lowest BCUT2D eigenvalue weighted by atomic mass is 9.89. The average Bonchev–Trinajstić information content (AvgIpc) is 2.59. The molecule has 0 saturated carbocycles. The van der Waals surface area contributed by atoms with Crippen LogP contribution in [-0.4, -0.2) is 23.8 Å². The number of fused-ring (bicyclic) bond motifs is 1. The Labute approximate surface area is 165 Å². The predicted molar refractivity (Wildman–Crippen MR) is 110 cm³/mol. The summed E-state index contributed by atoms with van der Waals surface area (Å²) in [7, 11) is 1.36. The van der Waals surface area contributed by atoms with Gasteiger partial charge < -0.3 is 20.1 Å². The summed E-state index contributed by atoms with van der Waals surface area (Å²) < 4.78 is 10.9. The molecule has 27 heavy (non-hydrogen) atoms. The van der Waals surface area contributed by atoms with Gasteiger partial charge in [0.1, 0.15) is 11.4 Å². The molecule has 0 fully saturated rings. The third kappa shape index (κ3) is 4.57. The van der Waals surface area contributed by atoms with Gasteiger partial charge in [0, 0.05) is 17.7 Å². The predicted octanol–water partition coefficient (Wildman–Crippen LogP) is 4.37. The Morgan fingerprint density at radius 3 is 2.78 bits per heavy atom. The van der Waals surface area contributed by atoms with E-state index in [1.54, 1.807) is 18.2 Å². The molecule has 0 aliphatic carbocycles. The van der Waals surface area contributed by atoms with Crippen molar-refractivity contribution in [1.29, 1.82) is 0 Å². The van der Waals surface area contributed by atoms with E-state index >= 15 is 0 Å². The Bertz CT molecular complexity index is 879. The largest absolute Gasteiger partial charge is 0.487 e. The lowest BCUT2D eigenvalue weighted by Crippen LogP contribution is -2.42.